The Hall–Kier alpha value is -2.50. The average molecular weight is 308 g/mol. The summed E-state index contributed by atoms with van der Waals surface area (Å²) in [5.41, 5.74) is -0.218. The van der Waals surface area contributed by atoms with Crippen molar-refractivity contribution in [3.63, 3.8) is 0 Å². The number of alkyl halides is 3. The molecule has 2 aromatic carbocycles. The number of carbonyl (C=O) groups is 1. The van der Waals surface area contributed by atoms with Crippen LogP contribution >= 0.6 is 0 Å². The van der Waals surface area contributed by atoms with E-state index < -0.39 is 17.6 Å². The molecule has 0 aliphatic carbocycles. The number of amides is 1. The van der Waals surface area contributed by atoms with Crippen molar-refractivity contribution in [3.8, 4) is 0 Å². The van der Waals surface area contributed by atoms with Crippen molar-refractivity contribution in [1.29, 1.82) is 0 Å². The third kappa shape index (κ3) is 4.51. The number of carbonyl (C=O) groups excluding carboxylic acids is 1. The number of benzene rings is 2. The van der Waals surface area contributed by atoms with E-state index in [0.717, 1.165) is 11.8 Å². The third-order valence-electron chi connectivity index (χ3n) is 2.96. The molecule has 1 amide bonds. The van der Waals surface area contributed by atoms with Gasteiger partial charge in [-0.3, -0.25) is 4.79 Å². The maximum absolute atomic E-state index is 12.8. The highest BCUT2D eigenvalue weighted by Gasteiger charge is 2.33. The summed E-state index contributed by atoms with van der Waals surface area (Å²) >= 11 is 0. The third-order valence-corrected chi connectivity index (χ3v) is 2.96. The fourth-order valence-corrected chi connectivity index (χ4v) is 1.93. The topological polar surface area (TPSA) is 41.1 Å². The minimum Gasteiger partial charge on any atom is -0.385 e. The van der Waals surface area contributed by atoms with Crippen molar-refractivity contribution in [1.82, 2.24) is 0 Å². The van der Waals surface area contributed by atoms with Crippen LogP contribution in [-0.2, 0) is 11.0 Å². The maximum Gasteiger partial charge on any atom is 0.418 e. The van der Waals surface area contributed by atoms with Gasteiger partial charge < -0.3 is 10.6 Å². The molecule has 0 saturated heterocycles. The Morgan fingerprint density at radius 1 is 0.955 bits per heavy atom. The van der Waals surface area contributed by atoms with Crippen LogP contribution in [0, 0.1) is 0 Å². The van der Waals surface area contributed by atoms with E-state index in [0.29, 0.717) is 6.54 Å². The molecule has 22 heavy (non-hydrogen) atoms. The van der Waals surface area contributed by atoms with Gasteiger partial charge in [-0.1, -0.05) is 30.3 Å². The largest absolute Gasteiger partial charge is 0.418 e. The Labute approximate surface area is 126 Å². The Balaban J connectivity index is 1.90. The molecule has 0 spiro atoms. The number of anilines is 2. The highest BCUT2D eigenvalue weighted by Crippen LogP contribution is 2.34. The van der Waals surface area contributed by atoms with E-state index in [4.69, 9.17) is 0 Å². The smallest absolute Gasteiger partial charge is 0.385 e. The second-order valence-electron chi connectivity index (χ2n) is 4.63. The van der Waals surface area contributed by atoms with Gasteiger partial charge in [0.1, 0.15) is 0 Å². The summed E-state index contributed by atoms with van der Waals surface area (Å²) in [4.78, 5) is 11.8. The Morgan fingerprint density at radius 3 is 2.27 bits per heavy atom. The van der Waals surface area contributed by atoms with Gasteiger partial charge >= 0.3 is 6.18 Å². The highest BCUT2D eigenvalue weighted by molar-refractivity contribution is 5.91. The summed E-state index contributed by atoms with van der Waals surface area (Å²) in [6, 6.07) is 14.2. The number of hydrogen-bond donors (Lipinski definition) is 2. The molecule has 6 heteroatoms. The quantitative estimate of drug-likeness (QED) is 0.871. The van der Waals surface area contributed by atoms with Gasteiger partial charge in [0.15, 0.2) is 0 Å². The van der Waals surface area contributed by atoms with Crippen molar-refractivity contribution in [2.75, 3.05) is 17.2 Å². The molecule has 2 N–H and O–H groups in total. The van der Waals surface area contributed by atoms with Crippen LogP contribution < -0.4 is 10.6 Å². The van der Waals surface area contributed by atoms with Crippen LogP contribution in [-0.4, -0.2) is 12.5 Å². The minimum absolute atomic E-state index is 0.0705. The van der Waals surface area contributed by atoms with Gasteiger partial charge in [0.2, 0.25) is 5.91 Å². The zero-order chi connectivity index (χ0) is 16.0. The van der Waals surface area contributed by atoms with E-state index in [-0.39, 0.29) is 12.1 Å². The summed E-state index contributed by atoms with van der Waals surface area (Å²) in [5, 5.41) is 5.33. The second kappa shape index (κ2) is 6.98. The van der Waals surface area contributed by atoms with Gasteiger partial charge in [0, 0.05) is 18.7 Å². The van der Waals surface area contributed by atoms with Gasteiger partial charge in [0.05, 0.1) is 11.3 Å². The molecule has 0 heterocycles. The monoisotopic (exact) mass is 308 g/mol. The van der Waals surface area contributed by atoms with Gasteiger partial charge in [-0.15, -0.1) is 0 Å². The number of para-hydroxylation sites is 2. The first-order valence-electron chi connectivity index (χ1n) is 6.72. The summed E-state index contributed by atoms with van der Waals surface area (Å²) in [7, 11) is 0. The molecule has 0 unspecified atom stereocenters. The molecule has 2 rings (SSSR count). The summed E-state index contributed by atoms with van der Waals surface area (Å²) in [6.07, 6.45) is -4.42. The molecule has 0 bridgehead atoms. The van der Waals surface area contributed by atoms with Crippen molar-refractivity contribution >= 4 is 17.3 Å². The highest BCUT2D eigenvalue weighted by atomic mass is 19.4. The molecule has 0 saturated carbocycles. The predicted octanol–water partition coefficient (Wildman–Crippen LogP) is 4.15. The summed E-state index contributed by atoms with van der Waals surface area (Å²) < 4.78 is 38.4. The van der Waals surface area contributed by atoms with Crippen molar-refractivity contribution in [2.24, 2.45) is 0 Å². The minimum atomic E-state index is -4.49. The number of nitrogens with one attached hydrogen (secondary N) is 2. The number of rotatable bonds is 5. The van der Waals surface area contributed by atoms with Crippen molar-refractivity contribution < 1.29 is 18.0 Å². The lowest BCUT2D eigenvalue weighted by molar-refractivity contribution is -0.137. The molecule has 2 aromatic rings. The first-order chi connectivity index (χ1) is 10.5. The lowest BCUT2D eigenvalue weighted by Gasteiger charge is -2.13. The Morgan fingerprint density at radius 2 is 1.59 bits per heavy atom. The van der Waals surface area contributed by atoms with Crippen LogP contribution in [0.2, 0.25) is 0 Å². The van der Waals surface area contributed by atoms with E-state index in [1.165, 1.54) is 18.2 Å². The molecular weight excluding hydrogens is 293 g/mol. The molecular formula is C16H15F3N2O. The zero-order valence-corrected chi connectivity index (χ0v) is 11.7. The van der Waals surface area contributed by atoms with Gasteiger partial charge in [-0.05, 0) is 24.3 Å². The maximum atomic E-state index is 12.8. The SMILES string of the molecule is O=C(CCNc1ccccc1)Nc1ccccc1C(F)(F)F. The molecule has 0 atom stereocenters. The zero-order valence-electron chi connectivity index (χ0n) is 11.7. The van der Waals surface area contributed by atoms with Crippen molar-refractivity contribution in [2.45, 2.75) is 12.6 Å². The van der Waals surface area contributed by atoms with Crippen LogP contribution in [0.1, 0.15) is 12.0 Å². The van der Waals surface area contributed by atoms with Gasteiger partial charge in [-0.25, -0.2) is 0 Å². The standard InChI is InChI=1S/C16H15F3N2O/c17-16(18,19)13-8-4-5-9-14(13)21-15(22)10-11-20-12-6-2-1-3-7-12/h1-9,20H,10-11H2,(H,21,22). The lowest BCUT2D eigenvalue weighted by atomic mass is 10.1. The fourth-order valence-electron chi connectivity index (χ4n) is 1.93. The molecule has 0 fully saturated rings. The fraction of sp³-hybridized carbons (Fsp3) is 0.188. The van der Waals surface area contributed by atoms with Gasteiger partial charge in [-0.2, -0.15) is 13.2 Å². The Bertz CT molecular complexity index is 627. The van der Waals surface area contributed by atoms with E-state index >= 15 is 0 Å². The number of hydrogen-bond acceptors (Lipinski definition) is 2. The average Bonchev–Trinajstić information content (AvgIpc) is 2.48. The van der Waals surface area contributed by atoms with Crippen LogP contribution in [0.4, 0.5) is 24.5 Å². The van der Waals surface area contributed by atoms with E-state index in [9.17, 15) is 18.0 Å². The van der Waals surface area contributed by atoms with E-state index in [1.807, 2.05) is 30.3 Å². The molecule has 116 valence electrons. The van der Waals surface area contributed by atoms with Crippen LogP contribution in [0.15, 0.2) is 54.6 Å². The number of halogens is 3. The summed E-state index contributed by atoms with van der Waals surface area (Å²) in [6.45, 7) is 0.337. The predicted molar refractivity (Wildman–Crippen MR) is 79.6 cm³/mol. The molecule has 0 aliphatic heterocycles. The second-order valence-corrected chi connectivity index (χ2v) is 4.63. The first kappa shape index (κ1) is 15.9. The van der Waals surface area contributed by atoms with E-state index in [2.05, 4.69) is 10.6 Å². The molecule has 0 aliphatic rings. The van der Waals surface area contributed by atoms with Crippen LogP contribution in [0.5, 0.6) is 0 Å². The lowest BCUT2D eigenvalue weighted by Crippen LogP contribution is -2.19. The normalized spacial score (nSPS) is 11.0. The van der Waals surface area contributed by atoms with E-state index in [1.54, 1.807) is 0 Å². The molecule has 0 radical (unpaired) electrons. The van der Waals surface area contributed by atoms with Crippen LogP contribution in [0.3, 0.4) is 0 Å². The molecule has 0 aromatic heterocycles. The summed E-state index contributed by atoms with van der Waals surface area (Å²) in [5.74, 6) is -0.472. The van der Waals surface area contributed by atoms with Crippen molar-refractivity contribution in [3.05, 3.63) is 60.2 Å². The first-order valence-corrected chi connectivity index (χ1v) is 6.72. The van der Waals surface area contributed by atoms with Gasteiger partial charge in [0.25, 0.3) is 0 Å². The Kier molecular flexibility index (Phi) is 5.04. The van der Waals surface area contributed by atoms with Crippen LogP contribution in [0.25, 0.3) is 0 Å². The molecule has 3 nitrogen and oxygen atoms in total.